The van der Waals surface area contributed by atoms with Crippen LogP contribution in [-0.4, -0.2) is 30.7 Å². The summed E-state index contributed by atoms with van der Waals surface area (Å²) in [4.78, 5) is 10.1. The first kappa shape index (κ1) is 15.7. The number of rotatable bonds is 7. The first-order chi connectivity index (χ1) is 9.36. The van der Waals surface area contributed by atoms with Gasteiger partial charge in [-0.25, -0.2) is 8.42 Å². The Labute approximate surface area is 126 Å². The second-order valence-electron chi connectivity index (χ2n) is 4.79. The largest absolute Gasteiger partial charge is 0.300 e. The number of halogens is 1. The van der Waals surface area contributed by atoms with Crippen LogP contribution < -0.4 is 0 Å². The molecule has 0 saturated heterocycles. The highest BCUT2D eigenvalue weighted by Gasteiger charge is 2.34. The van der Waals surface area contributed by atoms with E-state index in [1.807, 2.05) is 6.92 Å². The van der Waals surface area contributed by atoms with E-state index in [9.17, 15) is 18.5 Å². The van der Waals surface area contributed by atoms with E-state index in [1.54, 1.807) is 0 Å². The van der Waals surface area contributed by atoms with Gasteiger partial charge >= 0.3 is 0 Å². The molecule has 20 heavy (non-hydrogen) atoms. The molecule has 1 aliphatic carbocycles. The summed E-state index contributed by atoms with van der Waals surface area (Å²) in [5.41, 5.74) is -0.349. The second-order valence-corrected chi connectivity index (χ2v) is 8.61. The zero-order chi connectivity index (χ0) is 14.9. The zero-order valence-corrected chi connectivity index (χ0v) is 13.3. The van der Waals surface area contributed by atoms with Crippen molar-refractivity contribution in [2.45, 2.75) is 30.4 Å². The van der Waals surface area contributed by atoms with Crippen molar-refractivity contribution in [1.29, 1.82) is 0 Å². The van der Waals surface area contributed by atoms with Crippen LogP contribution in [0.3, 0.4) is 0 Å². The second kappa shape index (κ2) is 5.97. The van der Waals surface area contributed by atoms with Gasteiger partial charge in [-0.3, -0.25) is 10.1 Å². The minimum absolute atomic E-state index is 0.0525. The average molecular weight is 339 g/mol. The maximum absolute atomic E-state index is 12.5. The van der Waals surface area contributed by atoms with Gasteiger partial charge in [-0.1, -0.05) is 18.5 Å². The number of sulfonamides is 1. The van der Waals surface area contributed by atoms with Gasteiger partial charge in [0.25, 0.3) is 15.7 Å². The first-order valence-corrected chi connectivity index (χ1v) is 8.93. The summed E-state index contributed by atoms with van der Waals surface area (Å²) in [7, 11) is -3.69. The van der Waals surface area contributed by atoms with E-state index in [1.165, 1.54) is 4.31 Å². The fourth-order valence-corrected chi connectivity index (χ4v) is 5.29. The van der Waals surface area contributed by atoms with E-state index < -0.39 is 14.9 Å². The van der Waals surface area contributed by atoms with Gasteiger partial charge in [-0.15, -0.1) is 11.3 Å². The van der Waals surface area contributed by atoms with Crippen molar-refractivity contribution in [3.63, 3.8) is 0 Å². The summed E-state index contributed by atoms with van der Waals surface area (Å²) in [6.45, 7) is 2.81. The zero-order valence-electron chi connectivity index (χ0n) is 10.9. The predicted octanol–water partition coefficient (Wildman–Crippen LogP) is 3.12. The molecular weight excluding hydrogens is 324 g/mol. The van der Waals surface area contributed by atoms with E-state index in [0.29, 0.717) is 25.4 Å². The van der Waals surface area contributed by atoms with Gasteiger partial charge in [0.15, 0.2) is 4.34 Å². The summed E-state index contributed by atoms with van der Waals surface area (Å²) in [6.07, 6.45) is 2.79. The van der Waals surface area contributed by atoms with Crippen LogP contribution in [0.15, 0.2) is 10.3 Å². The lowest BCUT2D eigenvalue weighted by Gasteiger charge is -2.20. The van der Waals surface area contributed by atoms with Crippen LogP contribution in [0.4, 0.5) is 5.69 Å². The third-order valence-electron chi connectivity index (χ3n) is 3.07. The molecule has 1 aliphatic rings. The van der Waals surface area contributed by atoms with Crippen molar-refractivity contribution >= 4 is 38.6 Å². The maximum Gasteiger partial charge on any atom is 0.300 e. The van der Waals surface area contributed by atoms with Crippen LogP contribution in [0.2, 0.25) is 4.34 Å². The molecule has 0 N–H and O–H groups in total. The summed E-state index contributed by atoms with van der Waals surface area (Å²) < 4.78 is 26.3. The first-order valence-electron chi connectivity index (χ1n) is 6.30. The smallest absolute Gasteiger partial charge is 0.258 e. The summed E-state index contributed by atoms with van der Waals surface area (Å²) >= 11 is 6.49. The van der Waals surface area contributed by atoms with Crippen LogP contribution >= 0.6 is 22.9 Å². The quantitative estimate of drug-likeness (QED) is 0.565. The minimum atomic E-state index is -3.69. The van der Waals surface area contributed by atoms with Gasteiger partial charge in [0.2, 0.25) is 0 Å². The Morgan fingerprint density at radius 1 is 1.55 bits per heavy atom. The molecule has 1 fully saturated rings. The Kier molecular flexibility index (Phi) is 4.68. The highest BCUT2D eigenvalue weighted by molar-refractivity contribution is 7.91. The molecule has 0 aliphatic heterocycles. The average Bonchev–Trinajstić information content (AvgIpc) is 3.08. The van der Waals surface area contributed by atoms with Crippen molar-refractivity contribution < 1.29 is 13.3 Å². The highest BCUT2D eigenvalue weighted by Crippen LogP contribution is 2.38. The molecule has 1 aromatic rings. The Morgan fingerprint density at radius 3 is 2.65 bits per heavy atom. The molecule has 112 valence electrons. The Bertz CT molecular complexity index is 610. The molecule has 0 radical (unpaired) electrons. The van der Waals surface area contributed by atoms with Gasteiger partial charge in [-0.2, -0.15) is 4.31 Å². The normalized spacial score (nSPS) is 15.8. The lowest BCUT2D eigenvalue weighted by molar-refractivity contribution is -0.384. The fraction of sp³-hybridized carbons (Fsp3) is 0.636. The third kappa shape index (κ3) is 3.30. The van der Waals surface area contributed by atoms with Gasteiger partial charge in [-0.05, 0) is 25.2 Å². The number of thiophene rings is 1. The molecule has 1 heterocycles. The van der Waals surface area contributed by atoms with E-state index in [-0.39, 0.29) is 14.2 Å². The van der Waals surface area contributed by atoms with E-state index in [0.717, 1.165) is 30.2 Å². The molecule has 0 spiro atoms. The summed E-state index contributed by atoms with van der Waals surface area (Å²) in [6, 6.07) is 1.05. The summed E-state index contributed by atoms with van der Waals surface area (Å²) in [5, 5.41) is 10.8. The fourth-order valence-electron chi connectivity index (χ4n) is 1.86. The monoisotopic (exact) mass is 338 g/mol. The Balaban J connectivity index is 2.31. The Morgan fingerprint density at radius 2 is 2.20 bits per heavy atom. The van der Waals surface area contributed by atoms with E-state index in [2.05, 4.69) is 0 Å². The molecule has 9 heteroatoms. The van der Waals surface area contributed by atoms with Crippen molar-refractivity contribution in [2.75, 3.05) is 13.1 Å². The maximum atomic E-state index is 12.5. The lowest BCUT2D eigenvalue weighted by Crippen LogP contribution is -2.33. The van der Waals surface area contributed by atoms with E-state index in [4.69, 9.17) is 11.6 Å². The van der Waals surface area contributed by atoms with Gasteiger partial charge < -0.3 is 0 Å². The molecule has 2 rings (SSSR count). The molecule has 0 atom stereocenters. The van der Waals surface area contributed by atoms with E-state index >= 15 is 0 Å². The van der Waals surface area contributed by atoms with Crippen molar-refractivity contribution in [2.24, 2.45) is 5.92 Å². The number of nitrogens with zero attached hydrogens (tertiary/aromatic N) is 2. The molecule has 1 aromatic heterocycles. The molecule has 1 saturated carbocycles. The van der Waals surface area contributed by atoms with Crippen LogP contribution in [-0.2, 0) is 10.0 Å². The number of nitro groups is 1. The van der Waals surface area contributed by atoms with Crippen LogP contribution in [0, 0.1) is 16.0 Å². The minimum Gasteiger partial charge on any atom is -0.258 e. The molecule has 0 aromatic carbocycles. The number of hydrogen-bond acceptors (Lipinski definition) is 5. The molecular formula is C11H15ClN2O4S2. The topological polar surface area (TPSA) is 80.5 Å². The van der Waals surface area contributed by atoms with Crippen LogP contribution in [0.1, 0.15) is 26.2 Å². The van der Waals surface area contributed by atoms with Gasteiger partial charge in [0, 0.05) is 19.2 Å². The Hall–Kier alpha value is -0.700. The third-order valence-corrected chi connectivity index (χ3v) is 6.72. The van der Waals surface area contributed by atoms with Crippen molar-refractivity contribution in [1.82, 2.24) is 4.31 Å². The van der Waals surface area contributed by atoms with Gasteiger partial charge in [0.1, 0.15) is 4.21 Å². The molecule has 0 unspecified atom stereocenters. The van der Waals surface area contributed by atoms with Crippen LogP contribution in [0.5, 0.6) is 0 Å². The van der Waals surface area contributed by atoms with Gasteiger partial charge in [0.05, 0.1) is 4.92 Å². The predicted molar refractivity (Wildman–Crippen MR) is 77.8 cm³/mol. The van der Waals surface area contributed by atoms with Crippen molar-refractivity contribution in [3.05, 3.63) is 20.5 Å². The molecule has 0 bridgehead atoms. The summed E-state index contributed by atoms with van der Waals surface area (Å²) in [5.74, 6) is 0.418. The standard InChI is InChI=1S/C11H15ClN2O4S2/c1-2-5-13(7-8-3-4-8)20(17,18)10-6-9(14(15)16)11(12)19-10/h6,8H,2-5,7H2,1H3. The molecule has 6 nitrogen and oxygen atoms in total. The number of hydrogen-bond donors (Lipinski definition) is 0. The van der Waals surface area contributed by atoms with Crippen LogP contribution in [0.25, 0.3) is 0 Å². The SMILES string of the molecule is CCCN(CC1CC1)S(=O)(=O)c1cc([N+](=O)[O-])c(Cl)s1. The van der Waals surface area contributed by atoms with Crippen molar-refractivity contribution in [3.8, 4) is 0 Å². The molecule has 0 amide bonds. The lowest BCUT2D eigenvalue weighted by atomic mass is 10.4. The highest BCUT2D eigenvalue weighted by atomic mass is 35.5.